The molecule has 1 aromatic heterocycles. The van der Waals surface area contributed by atoms with Gasteiger partial charge < -0.3 is 4.57 Å². The summed E-state index contributed by atoms with van der Waals surface area (Å²) in [4.78, 5) is 28.9. The highest BCUT2D eigenvalue weighted by Crippen LogP contribution is 2.24. The topological polar surface area (TPSA) is 77.5 Å². The molecule has 0 aliphatic heterocycles. The van der Waals surface area contributed by atoms with E-state index in [9.17, 15) is 14.9 Å². The van der Waals surface area contributed by atoms with Gasteiger partial charge in [-0.05, 0) is 30.3 Å². The summed E-state index contributed by atoms with van der Waals surface area (Å²) in [6.45, 7) is 4.43. The van der Waals surface area contributed by atoms with Crippen molar-refractivity contribution in [1.29, 1.82) is 0 Å². The molecule has 3 aromatic rings. The molecule has 2 aromatic carbocycles. The third kappa shape index (κ3) is 4.32. The van der Waals surface area contributed by atoms with Gasteiger partial charge in [-0.3, -0.25) is 14.9 Å². The number of rotatable bonds is 5. The first-order valence-corrected chi connectivity index (χ1v) is 10.2. The van der Waals surface area contributed by atoms with Crippen LogP contribution in [0.1, 0.15) is 24.2 Å². The highest BCUT2D eigenvalue weighted by Gasteiger charge is 2.13. The van der Waals surface area contributed by atoms with Gasteiger partial charge in [-0.25, -0.2) is 0 Å². The minimum absolute atomic E-state index is 0.0160. The summed E-state index contributed by atoms with van der Waals surface area (Å²) < 4.78 is 2.37. The summed E-state index contributed by atoms with van der Waals surface area (Å²) in [6, 6.07) is 11.8. The molecular formula is C20H17N3O3S2. The van der Waals surface area contributed by atoms with E-state index in [1.165, 1.54) is 23.5 Å². The summed E-state index contributed by atoms with van der Waals surface area (Å²) in [6.07, 6.45) is 5.45. The lowest BCUT2D eigenvalue weighted by molar-refractivity contribution is -0.384. The fourth-order valence-corrected chi connectivity index (χ4v) is 4.50. The average Bonchev–Trinajstić information content (AvgIpc) is 2.98. The van der Waals surface area contributed by atoms with Crippen LogP contribution in [-0.4, -0.2) is 20.6 Å². The number of carbonyl (C=O) groups excluding carboxylic acids is 1. The smallest absolute Gasteiger partial charge is 0.279 e. The molecule has 0 spiro atoms. The fourth-order valence-electron chi connectivity index (χ4n) is 2.60. The van der Waals surface area contributed by atoms with Gasteiger partial charge in [-0.1, -0.05) is 31.1 Å². The summed E-state index contributed by atoms with van der Waals surface area (Å²) in [5.41, 5.74) is 1.17. The Morgan fingerprint density at radius 1 is 1.32 bits per heavy atom. The first-order chi connectivity index (χ1) is 13.4. The molecule has 8 heteroatoms. The summed E-state index contributed by atoms with van der Waals surface area (Å²) in [5.74, 6) is 2.16. The van der Waals surface area contributed by atoms with Gasteiger partial charge in [0.1, 0.15) is 0 Å². The number of nitro groups is 1. The first-order valence-electron chi connectivity index (χ1n) is 8.46. The maximum atomic E-state index is 12.6. The molecule has 28 heavy (non-hydrogen) atoms. The third-order valence-corrected chi connectivity index (χ3v) is 5.85. The van der Waals surface area contributed by atoms with Gasteiger partial charge in [-0.15, -0.1) is 18.2 Å². The number of thiazole rings is 1. The van der Waals surface area contributed by atoms with Crippen molar-refractivity contribution < 1.29 is 9.72 Å². The van der Waals surface area contributed by atoms with Crippen LogP contribution in [0.2, 0.25) is 0 Å². The predicted octanol–water partition coefficient (Wildman–Crippen LogP) is 4.49. The number of amides is 1. The molecule has 0 aliphatic carbocycles. The largest absolute Gasteiger partial charge is 0.305 e. The van der Waals surface area contributed by atoms with Crippen molar-refractivity contribution in [2.24, 2.45) is 4.99 Å². The Labute approximate surface area is 170 Å². The van der Waals surface area contributed by atoms with Crippen LogP contribution in [0.25, 0.3) is 10.2 Å². The minimum atomic E-state index is -0.455. The maximum Gasteiger partial charge on any atom is 0.279 e. The van der Waals surface area contributed by atoms with Crippen molar-refractivity contribution in [2.45, 2.75) is 30.5 Å². The number of hydrogen-bond donors (Lipinski definition) is 0. The number of fused-ring (bicyclic) bond motifs is 1. The summed E-state index contributed by atoms with van der Waals surface area (Å²) in [7, 11) is 0. The molecule has 3 rings (SSSR count). The maximum absolute atomic E-state index is 12.6. The van der Waals surface area contributed by atoms with E-state index < -0.39 is 4.92 Å². The minimum Gasteiger partial charge on any atom is -0.305 e. The highest BCUT2D eigenvalue weighted by atomic mass is 32.2. The van der Waals surface area contributed by atoms with Gasteiger partial charge >= 0.3 is 0 Å². The molecular weight excluding hydrogens is 394 g/mol. The van der Waals surface area contributed by atoms with Gasteiger partial charge in [0.05, 0.1) is 21.7 Å². The van der Waals surface area contributed by atoms with Crippen LogP contribution in [0.4, 0.5) is 5.69 Å². The molecule has 0 unspecified atom stereocenters. The molecule has 1 heterocycles. The van der Waals surface area contributed by atoms with Crippen LogP contribution < -0.4 is 4.80 Å². The number of non-ortho nitro benzene ring substituents is 1. The zero-order chi connectivity index (χ0) is 20.3. The van der Waals surface area contributed by atoms with E-state index in [-0.39, 0.29) is 18.1 Å². The van der Waals surface area contributed by atoms with Gasteiger partial charge in [0.15, 0.2) is 4.80 Å². The zero-order valence-corrected chi connectivity index (χ0v) is 16.9. The number of benzene rings is 2. The number of nitro benzene ring substituents is 1. The predicted molar refractivity (Wildman–Crippen MR) is 113 cm³/mol. The number of carbonyl (C=O) groups is 1. The molecule has 1 amide bonds. The molecule has 0 saturated carbocycles. The average molecular weight is 412 g/mol. The normalized spacial score (nSPS) is 11.7. The Bertz CT molecular complexity index is 1150. The molecule has 142 valence electrons. The number of terminal acetylenes is 1. The number of hydrogen-bond acceptors (Lipinski definition) is 5. The Hall–Kier alpha value is -2.89. The van der Waals surface area contributed by atoms with E-state index >= 15 is 0 Å². The summed E-state index contributed by atoms with van der Waals surface area (Å²) >= 11 is 2.92. The van der Waals surface area contributed by atoms with Crippen molar-refractivity contribution in [2.75, 3.05) is 0 Å². The van der Waals surface area contributed by atoms with Crippen molar-refractivity contribution >= 4 is 44.9 Å². The molecule has 6 nitrogen and oxygen atoms in total. The van der Waals surface area contributed by atoms with Crippen molar-refractivity contribution in [3.63, 3.8) is 0 Å². The molecule has 0 radical (unpaired) electrons. The second-order valence-electron chi connectivity index (χ2n) is 6.19. The summed E-state index contributed by atoms with van der Waals surface area (Å²) in [5, 5.41) is 11.5. The molecule has 0 aliphatic rings. The fraction of sp³-hybridized carbons (Fsp3) is 0.200. The Kier molecular flexibility index (Phi) is 5.97. The molecule has 0 N–H and O–H groups in total. The van der Waals surface area contributed by atoms with Crippen LogP contribution >= 0.6 is 23.1 Å². The van der Waals surface area contributed by atoms with Crippen molar-refractivity contribution in [3.8, 4) is 12.3 Å². The molecule has 0 fully saturated rings. The highest BCUT2D eigenvalue weighted by molar-refractivity contribution is 7.99. The second kappa shape index (κ2) is 8.42. The van der Waals surface area contributed by atoms with Crippen LogP contribution in [0.15, 0.2) is 52.4 Å². The van der Waals surface area contributed by atoms with Crippen molar-refractivity contribution in [3.05, 3.63) is 62.9 Å². The lowest BCUT2D eigenvalue weighted by Gasteiger charge is -2.04. The van der Waals surface area contributed by atoms with Gasteiger partial charge in [0.2, 0.25) is 0 Å². The van der Waals surface area contributed by atoms with E-state index in [1.54, 1.807) is 34.5 Å². The molecule has 0 saturated heterocycles. The lowest BCUT2D eigenvalue weighted by Crippen LogP contribution is -2.16. The molecule has 0 bridgehead atoms. The standard InChI is InChI=1S/C20H17N3O3S2/c1-4-11-22-17-10-7-15(23(25)26)12-18(17)28-20(22)21-19(24)14-5-8-16(9-6-14)27-13(2)3/h1,5-10,12-13H,11H2,2-3H3. The molecule has 0 atom stereocenters. The van der Waals surface area contributed by atoms with Gasteiger partial charge in [0, 0.05) is 27.8 Å². The van der Waals surface area contributed by atoms with E-state index in [2.05, 4.69) is 24.8 Å². The SMILES string of the molecule is C#CCn1c(=NC(=O)c2ccc(SC(C)C)cc2)sc2cc([N+](=O)[O-])ccc21. The van der Waals surface area contributed by atoms with Crippen LogP contribution in [-0.2, 0) is 6.54 Å². The van der Waals surface area contributed by atoms with Gasteiger partial charge in [-0.2, -0.15) is 4.99 Å². The quantitative estimate of drug-likeness (QED) is 0.268. The Morgan fingerprint density at radius 2 is 2.04 bits per heavy atom. The Balaban J connectivity index is 2.02. The Morgan fingerprint density at radius 3 is 2.64 bits per heavy atom. The van der Waals surface area contributed by atoms with E-state index in [4.69, 9.17) is 6.42 Å². The second-order valence-corrected chi connectivity index (χ2v) is 8.85. The monoisotopic (exact) mass is 411 g/mol. The van der Waals surface area contributed by atoms with E-state index in [0.717, 1.165) is 4.90 Å². The number of aromatic nitrogens is 1. The number of nitrogens with zero attached hydrogens (tertiary/aromatic N) is 3. The van der Waals surface area contributed by atoms with Crippen LogP contribution in [0.3, 0.4) is 0 Å². The van der Waals surface area contributed by atoms with Gasteiger partial charge in [0.25, 0.3) is 11.6 Å². The van der Waals surface area contributed by atoms with Crippen molar-refractivity contribution in [1.82, 2.24) is 4.57 Å². The lowest BCUT2D eigenvalue weighted by atomic mass is 10.2. The van der Waals surface area contributed by atoms with E-state index in [0.29, 0.717) is 25.8 Å². The third-order valence-electron chi connectivity index (χ3n) is 3.80. The zero-order valence-electron chi connectivity index (χ0n) is 15.3. The number of thioether (sulfide) groups is 1. The van der Waals surface area contributed by atoms with Crippen LogP contribution in [0, 0.1) is 22.5 Å². The first kappa shape index (κ1) is 19.9. The van der Waals surface area contributed by atoms with Crippen LogP contribution in [0.5, 0.6) is 0 Å². The van der Waals surface area contributed by atoms with E-state index in [1.807, 2.05) is 12.1 Å².